The minimum absolute atomic E-state index is 0.300. The fraction of sp³-hybridized carbons (Fsp3) is 1.00. The molecule has 0 heterocycles. The molecule has 0 bridgehead atoms. The van der Waals surface area contributed by atoms with Crippen LogP contribution in [0.15, 0.2) is 0 Å². The van der Waals surface area contributed by atoms with E-state index >= 15 is 0 Å². The van der Waals surface area contributed by atoms with E-state index in [0.29, 0.717) is 0 Å². The molecule has 0 rings (SSSR count). The molecule has 38 valence electrons. The van der Waals surface area contributed by atoms with E-state index in [1.54, 1.807) is 0 Å². The molecule has 0 fully saturated rings. The summed E-state index contributed by atoms with van der Waals surface area (Å²) in [5.74, 6) is 1.09. The molecule has 0 saturated carbocycles. The Morgan fingerprint density at radius 1 is 1.50 bits per heavy atom. The molecule has 0 unspecified atom stereocenters. The zero-order valence-electron chi connectivity index (χ0n) is 4.31. The van der Waals surface area contributed by atoms with Crippen molar-refractivity contribution in [2.24, 2.45) is 0 Å². The molecular weight excluding hydrogens is 155 g/mol. The quantitative estimate of drug-likeness (QED) is 0.468. The molecule has 0 aliphatic rings. The molecule has 0 saturated heterocycles. The van der Waals surface area contributed by atoms with Crippen LogP contribution in [-0.2, 0) is 0 Å². The van der Waals surface area contributed by atoms with E-state index in [0.717, 1.165) is 5.75 Å². The third-order valence-electron chi connectivity index (χ3n) is 0.547. The van der Waals surface area contributed by atoms with Gasteiger partial charge in [-0.05, 0) is 0 Å². The average Bonchev–Trinajstić information content (AvgIpc) is 1.35. The predicted molar refractivity (Wildman–Crippen MR) is 36.1 cm³/mol. The molecule has 0 atom stereocenters. The molecule has 2 heteroatoms. The first kappa shape index (κ1) is 6.91. The summed E-state index contributed by atoms with van der Waals surface area (Å²) in [5, 5.41) is 1.39. The van der Waals surface area contributed by atoms with Gasteiger partial charge in [-0.3, -0.25) is 0 Å². The van der Waals surface area contributed by atoms with Crippen molar-refractivity contribution in [2.75, 3.05) is 5.75 Å². The monoisotopic (exact) mass is 166 g/mol. The van der Waals surface area contributed by atoms with Crippen molar-refractivity contribution in [1.82, 2.24) is 0 Å². The summed E-state index contributed by atoms with van der Waals surface area (Å²) in [6.07, 6.45) is 0. The van der Waals surface area contributed by atoms with Crippen molar-refractivity contribution in [3.05, 3.63) is 0 Å². The van der Waals surface area contributed by atoms with Gasteiger partial charge in [-0.25, -0.2) is 0 Å². The fourth-order valence-electron chi connectivity index (χ4n) is 0.200. The molecule has 0 radical (unpaired) electrons. The van der Waals surface area contributed by atoms with Gasteiger partial charge in [0.05, 0.1) is 0 Å². The van der Waals surface area contributed by atoms with E-state index in [2.05, 4.69) is 24.1 Å². The average molecular weight is 166 g/mol. The first-order chi connectivity index (χ1) is 2.77. The molecule has 0 aromatic carbocycles. The fourth-order valence-corrected chi connectivity index (χ4v) is 3.12. The van der Waals surface area contributed by atoms with Crippen molar-refractivity contribution in [3.8, 4) is 0 Å². The van der Waals surface area contributed by atoms with E-state index in [1.807, 2.05) is 0 Å². The van der Waals surface area contributed by atoms with Crippen LogP contribution in [-0.4, -0.2) is 20.4 Å². The third kappa shape index (κ3) is 4.91. The van der Waals surface area contributed by atoms with Gasteiger partial charge in [0.25, 0.3) is 0 Å². The molecule has 0 aliphatic carbocycles. The van der Waals surface area contributed by atoms with Gasteiger partial charge in [0.1, 0.15) is 0 Å². The van der Waals surface area contributed by atoms with Crippen molar-refractivity contribution < 1.29 is 0 Å². The van der Waals surface area contributed by atoms with E-state index < -0.39 is 0 Å². The number of rotatable bonds is 2. The minimum atomic E-state index is -0.300. The topological polar surface area (TPSA) is 0 Å². The van der Waals surface area contributed by atoms with Gasteiger partial charge >= 0.3 is 49.7 Å². The number of hydrogen-bond donors (Lipinski definition) is 1. The molecule has 0 aromatic rings. The first-order valence-corrected chi connectivity index (χ1v) is 7.74. The van der Waals surface area contributed by atoms with E-state index in [4.69, 9.17) is 0 Å². The van der Waals surface area contributed by atoms with Crippen molar-refractivity contribution in [2.45, 2.75) is 16.6 Å². The maximum absolute atomic E-state index is 4.10. The zero-order chi connectivity index (χ0) is 4.99. The van der Waals surface area contributed by atoms with Crippen molar-refractivity contribution >= 4 is 27.3 Å². The van der Waals surface area contributed by atoms with Crippen LogP contribution < -0.4 is 0 Å². The SMILES string of the molecule is C[As](C)CCS. The van der Waals surface area contributed by atoms with Gasteiger partial charge in [0, 0.05) is 0 Å². The summed E-state index contributed by atoms with van der Waals surface area (Å²) < 4.78 is 0. The van der Waals surface area contributed by atoms with Crippen LogP contribution >= 0.6 is 12.6 Å². The Morgan fingerprint density at radius 3 is 2.00 bits per heavy atom. The second kappa shape index (κ2) is 4.08. The number of thiol groups is 1. The summed E-state index contributed by atoms with van der Waals surface area (Å²) in [6, 6.07) is 0. The molecule has 0 N–H and O–H groups in total. The number of hydrogen-bond acceptors (Lipinski definition) is 1. The van der Waals surface area contributed by atoms with Crippen LogP contribution in [0.5, 0.6) is 0 Å². The van der Waals surface area contributed by atoms with Gasteiger partial charge in [-0.15, -0.1) is 0 Å². The summed E-state index contributed by atoms with van der Waals surface area (Å²) in [7, 11) is 0. The molecule has 0 nitrogen and oxygen atoms in total. The molecule has 0 aromatic heterocycles. The van der Waals surface area contributed by atoms with Gasteiger partial charge in [-0.2, -0.15) is 0 Å². The molecule has 0 spiro atoms. The Labute approximate surface area is 50.0 Å². The van der Waals surface area contributed by atoms with Crippen LogP contribution in [0.3, 0.4) is 0 Å². The molecule has 0 amide bonds. The normalized spacial score (nSPS) is 10.0. The van der Waals surface area contributed by atoms with Crippen LogP contribution in [0, 0.1) is 0 Å². The standard InChI is InChI=1S/C4H11AsS/c1-5(2)3-4-6/h6H,3-4H2,1-2H3. The maximum atomic E-state index is 4.10. The summed E-state index contributed by atoms with van der Waals surface area (Å²) in [6.45, 7) is 0. The first-order valence-electron chi connectivity index (χ1n) is 2.03. The van der Waals surface area contributed by atoms with E-state index in [9.17, 15) is 0 Å². The van der Waals surface area contributed by atoms with Crippen LogP contribution in [0.2, 0.25) is 16.6 Å². The second-order valence-corrected chi connectivity index (χ2v) is 7.44. The van der Waals surface area contributed by atoms with Crippen LogP contribution in [0.25, 0.3) is 0 Å². The Kier molecular flexibility index (Phi) is 4.70. The Balaban J connectivity index is 2.63. The summed E-state index contributed by atoms with van der Waals surface area (Å²) in [4.78, 5) is 0. The summed E-state index contributed by atoms with van der Waals surface area (Å²) in [5.41, 5.74) is 4.70. The van der Waals surface area contributed by atoms with Crippen molar-refractivity contribution in [1.29, 1.82) is 0 Å². The van der Waals surface area contributed by atoms with Crippen LogP contribution in [0.1, 0.15) is 0 Å². The Bertz CT molecular complexity index is 28.7. The van der Waals surface area contributed by atoms with Gasteiger partial charge in [-0.1, -0.05) is 0 Å². The predicted octanol–water partition coefficient (Wildman–Crippen LogP) is 1.67. The summed E-state index contributed by atoms with van der Waals surface area (Å²) >= 11 is 3.80. The van der Waals surface area contributed by atoms with Crippen molar-refractivity contribution in [3.63, 3.8) is 0 Å². The zero-order valence-corrected chi connectivity index (χ0v) is 7.08. The van der Waals surface area contributed by atoms with E-state index in [1.165, 1.54) is 5.21 Å². The van der Waals surface area contributed by atoms with Gasteiger partial charge in [0.2, 0.25) is 0 Å². The van der Waals surface area contributed by atoms with Gasteiger partial charge < -0.3 is 0 Å². The van der Waals surface area contributed by atoms with Gasteiger partial charge in [0.15, 0.2) is 0 Å². The third-order valence-corrected chi connectivity index (χ3v) is 3.88. The molecular formula is C4H11AsS. The second-order valence-electron chi connectivity index (χ2n) is 1.53. The molecule has 6 heavy (non-hydrogen) atoms. The molecule has 0 aliphatic heterocycles. The Morgan fingerprint density at radius 2 is 2.00 bits per heavy atom. The van der Waals surface area contributed by atoms with E-state index in [-0.39, 0.29) is 14.7 Å². The Hall–Kier alpha value is 0.908. The van der Waals surface area contributed by atoms with Crippen LogP contribution in [0.4, 0.5) is 0 Å².